The minimum Gasteiger partial charge on any atom is -0.399 e. The second-order valence-corrected chi connectivity index (χ2v) is 5.35. The molecule has 0 atom stereocenters. The molecule has 0 radical (unpaired) electrons. The Morgan fingerprint density at radius 2 is 2.00 bits per heavy atom. The van der Waals surface area contributed by atoms with Gasteiger partial charge in [-0.25, -0.2) is 0 Å². The number of carbonyl (C=O) groups is 1. The summed E-state index contributed by atoms with van der Waals surface area (Å²) in [4.78, 5) is 13.8. The number of amides is 1. The molecule has 1 aromatic rings. The number of aliphatic hydroxyl groups excluding tert-OH is 1. The van der Waals surface area contributed by atoms with E-state index in [1.165, 1.54) is 19.3 Å². The van der Waals surface area contributed by atoms with E-state index in [-0.39, 0.29) is 6.61 Å². The predicted molar refractivity (Wildman–Crippen MR) is 80.7 cm³/mol. The Morgan fingerprint density at radius 3 is 2.60 bits per heavy atom. The number of nitrogen functional groups attached to an aromatic ring is 1. The highest BCUT2D eigenvalue weighted by Crippen LogP contribution is 2.30. The molecule has 20 heavy (non-hydrogen) atoms. The quantitative estimate of drug-likeness (QED) is 0.711. The number of anilines is 2. The number of hydrogen-bond acceptors (Lipinski definition) is 4. The van der Waals surface area contributed by atoms with Crippen molar-refractivity contribution in [2.75, 3.05) is 23.8 Å². The molecular formula is C15H23N3O2. The normalized spacial score (nSPS) is 16.1. The Labute approximate surface area is 119 Å². The number of rotatable bonds is 5. The van der Waals surface area contributed by atoms with Crippen LogP contribution in [0.2, 0.25) is 0 Å². The summed E-state index contributed by atoms with van der Waals surface area (Å²) < 4.78 is 0. The second-order valence-electron chi connectivity index (χ2n) is 5.35. The third-order valence-corrected chi connectivity index (χ3v) is 3.95. The fraction of sp³-hybridized carbons (Fsp3) is 0.533. The molecule has 1 aliphatic carbocycles. The van der Waals surface area contributed by atoms with E-state index in [4.69, 9.17) is 11.5 Å². The Bertz CT molecular complexity index is 470. The fourth-order valence-corrected chi connectivity index (χ4v) is 3.00. The van der Waals surface area contributed by atoms with E-state index in [1.807, 2.05) is 6.07 Å². The number of carbonyl (C=O) groups excluding carboxylic acids is 1. The first kappa shape index (κ1) is 14.7. The van der Waals surface area contributed by atoms with Crippen LogP contribution in [0, 0.1) is 0 Å². The first-order valence-corrected chi connectivity index (χ1v) is 7.20. The highest BCUT2D eigenvalue weighted by molar-refractivity contribution is 5.99. The zero-order valence-electron chi connectivity index (χ0n) is 11.7. The van der Waals surface area contributed by atoms with Crippen LogP contribution in [-0.4, -0.2) is 30.2 Å². The summed E-state index contributed by atoms with van der Waals surface area (Å²) in [5.41, 5.74) is 12.9. The maximum Gasteiger partial charge on any atom is 0.250 e. The van der Waals surface area contributed by atoms with Crippen molar-refractivity contribution in [1.29, 1.82) is 0 Å². The number of nitrogens with zero attached hydrogens (tertiary/aromatic N) is 1. The number of nitrogens with two attached hydrogens (primary N) is 2. The third-order valence-electron chi connectivity index (χ3n) is 3.95. The lowest BCUT2D eigenvalue weighted by Gasteiger charge is -2.36. The molecule has 5 nitrogen and oxygen atoms in total. The number of primary amides is 1. The van der Waals surface area contributed by atoms with Crippen molar-refractivity contribution in [3.8, 4) is 0 Å². The smallest absolute Gasteiger partial charge is 0.250 e. The average molecular weight is 277 g/mol. The summed E-state index contributed by atoms with van der Waals surface area (Å²) in [7, 11) is 0. The fourth-order valence-electron chi connectivity index (χ4n) is 3.00. The maximum atomic E-state index is 11.6. The molecule has 110 valence electrons. The third kappa shape index (κ3) is 3.22. The summed E-state index contributed by atoms with van der Waals surface area (Å²) in [5, 5.41) is 9.33. The van der Waals surface area contributed by atoms with Crippen LogP contribution in [0.1, 0.15) is 42.5 Å². The second kappa shape index (κ2) is 6.61. The first-order chi connectivity index (χ1) is 9.63. The van der Waals surface area contributed by atoms with Gasteiger partial charge >= 0.3 is 0 Å². The van der Waals surface area contributed by atoms with E-state index in [9.17, 15) is 9.90 Å². The van der Waals surface area contributed by atoms with Crippen molar-refractivity contribution < 1.29 is 9.90 Å². The molecule has 1 saturated carbocycles. The molecule has 0 bridgehead atoms. The SMILES string of the molecule is NC(=O)c1cc(N)ccc1N(CCO)C1CCCCC1. The summed E-state index contributed by atoms with van der Waals surface area (Å²) in [6.45, 7) is 0.563. The van der Waals surface area contributed by atoms with Crippen molar-refractivity contribution >= 4 is 17.3 Å². The van der Waals surface area contributed by atoms with Gasteiger partial charge < -0.3 is 21.5 Å². The highest BCUT2D eigenvalue weighted by atomic mass is 16.3. The van der Waals surface area contributed by atoms with Crippen molar-refractivity contribution in [3.05, 3.63) is 23.8 Å². The van der Waals surface area contributed by atoms with Gasteiger partial charge in [0.25, 0.3) is 5.91 Å². The standard InChI is InChI=1S/C15H23N3O2/c16-11-6-7-14(13(10-11)15(17)20)18(8-9-19)12-4-2-1-3-5-12/h6-7,10,12,19H,1-5,8-9,16H2,(H2,17,20). The van der Waals surface area contributed by atoms with Crippen LogP contribution < -0.4 is 16.4 Å². The Balaban J connectivity index is 2.35. The monoisotopic (exact) mass is 277 g/mol. The molecule has 1 aliphatic rings. The lowest BCUT2D eigenvalue weighted by atomic mass is 9.93. The van der Waals surface area contributed by atoms with Gasteiger partial charge in [-0.05, 0) is 31.0 Å². The Hall–Kier alpha value is -1.75. The molecule has 5 N–H and O–H groups in total. The lowest BCUT2D eigenvalue weighted by molar-refractivity contribution is 0.100. The van der Waals surface area contributed by atoms with Crippen molar-refractivity contribution in [1.82, 2.24) is 0 Å². The van der Waals surface area contributed by atoms with Crippen LogP contribution in [0.15, 0.2) is 18.2 Å². The summed E-state index contributed by atoms with van der Waals surface area (Å²) in [6, 6.07) is 5.58. The highest BCUT2D eigenvalue weighted by Gasteiger charge is 2.24. The molecule has 0 unspecified atom stereocenters. The molecule has 5 heteroatoms. The molecule has 2 rings (SSSR count). The van der Waals surface area contributed by atoms with Crippen LogP contribution in [0.3, 0.4) is 0 Å². The van der Waals surface area contributed by atoms with Gasteiger partial charge in [0.05, 0.1) is 12.2 Å². The molecule has 1 amide bonds. The van der Waals surface area contributed by atoms with Gasteiger partial charge in [0.15, 0.2) is 0 Å². The number of hydrogen-bond donors (Lipinski definition) is 3. The van der Waals surface area contributed by atoms with E-state index in [0.29, 0.717) is 23.8 Å². The minimum atomic E-state index is -0.481. The molecule has 0 saturated heterocycles. The van der Waals surface area contributed by atoms with Crippen molar-refractivity contribution in [2.45, 2.75) is 38.1 Å². The van der Waals surface area contributed by atoms with E-state index < -0.39 is 5.91 Å². The zero-order valence-corrected chi connectivity index (χ0v) is 11.7. The molecule has 1 fully saturated rings. The molecule has 0 heterocycles. The molecule has 1 aromatic carbocycles. The molecule has 0 spiro atoms. The minimum absolute atomic E-state index is 0.0546. The Morgan fingerprint density at radius 1 is 1.30 bits per heavy atom. The number of aliphatic hydroxyl groups is 1. The Kier molecular flexibility index (Phi) is 4.84. The molecular weight excluding hydrogens is 254 g/mol. The zero-order chi connectivity index (χ0) is 14.5. The average Bonchev–Trinajstić information content (AvgIpc) is 2.46. The van der Waals surface area contributed by atoms with Gasteiger partial charge in [-0.3, -0.25) is 4.79 Å². The van der Waals surface area contributed by atoms with Crippen LogP contribution in [0.25, 0.3) is 0 Å². The van der Waals surface area contributed by atoms with Crippen LogP contribution in [0.4, 0.5) is 11.4 Å². The van der Waals surface area contributed by atoms with Crippen LogP contribution in [0.5, 0.6) is 0 Å². The summed E-state index contributed by atoms with van der Waals surface area (Å²) in [6.07, 6.45) is 5.81. The van der Waals surface area contributed by atoms with Gasteiger partial charge in [0, 0.05) is 24.0 Å². The largest absolute Gasteiger partial charge is 0.399 e. The van der Waals surface area contributed by atoms with E-state index >= 15 is 0 Å². The van der Waals surface area contributed by atoms with Crippen LogP contribution in [-0.2, 0) is 0 Å². The van der Waals surface area contributed by atoms with E-state index in [2.05, 4.69) is 4.90 Å². The maximum absolute atomic E-state index is 11.6. The van der Waals surface area contributed by atoms with Crippen LogP contribution >= 0.6 is 0 Å². The topological polar surface area (TPSA) is 92.6 Å². The van der Waals surface area contributed by atoms with Gasteiger partial charge in [-0.2, -0.15) is 0 Å². The van der Waals surface area contributed by atoms with Gasteiger partial charge in [0.1, 0.15) is 0 Å². The summed E-state index contributed by atoms with van der Waals surface area (Å²) in [5.74, 6) is -0.481. The van der Waals surface area contributed by atoms with Gasteiger partial charge in [0.2, 0.25) is 0 Å². The van der Waals surface area contributed by atoms with E-state index in [1.54, 1.807) is 12.1 Å². The summed E-state index contributed by atoms with van der Waals surface area (Å²) >= 11 is 0. The van der Waals surface area contributed by atoms with Gasteiger partial charge in [-0.15, -0.1) is 0 Å². The number of benzene rings is 1. The van der Waals surface area contributed by atoms with Crippen molar-refractivity contribution in [3.63, 3.8) is 0 Å². The lowest BCUT2D eigenvalue weighted by Crippen LogP contribution is -2.40. The molecule has 0 aliphatic heterocycles. The van der Waals surface area contributed by atoms with Crippen molar-refractivity contribution in [2.24, 2.45) is 5.73 Å². The van der Waals surface area contributed by atoms with Gasteiger partial charge in [-0.1, -0.05) is 19.3 Å². The predicted octanol–water partition coefficient (Wildman–Crippen LogP) is 1.50. The molecule has 0 aromatic heterocycles. The first-order valence-electron chi connectivity index (χ1n) is 7.20. The van der Waals surface area contributed by atoms with E-state index in [0.717, 1.165) is 18.5 Å².